The van der Waals surface area contributed by atoms with Crippen LogP contribution in [0.15, 0.2) is 85.1 Å². The SMILES string of the molecule is CC/C=C\C/C=C\C/C=C\C/C=C\C/C=C\CCCCCCCCCCCCCCCCCC(=O)OC(COC(=O)CCCCCCCCCCCCCCCCCCCCCCCCCCCCC/C=C\C/C=C\CCCCCCC)COP(=O)([O-])OCC[N+](C)(C)C. The minimum Gasteiger partial charge on any atom is -0.756 e. The number of nitrogens with zero attached hydrogens (tertiary/aromatic N) is 1. The van der Waals surface area contributed by atoms with Crippen molar-refractivity contribution in [2.75, 3.05) is 47.5 Å². The van der Waals surface area contributed by atoms with Gasteiger partial charge in [0.2, 0.25) is 0 Å². The average molecular weight is 1340 g/mol. The Bertz CT molecular complexity index is 1860. The summed E-state index contributed by atoms with van der Waals surface area (Å²) in [4.78, 5) is 38.2. The molecule has 0 fully saturated rings. The molecule has 0 amide bonds. The zero-order chi connectivity index (χ0) is 68.3. The van der Waals surface area contributed by atoms with Crippen molar-refractivity contribution >= 4 is 19.8 Å². The monoisotopic (exact) mass is 1340 g/mol. The lowest BCUT2D eigenvalue weighted by atomic mass is 10.0. The predicted octanol–water partition coefficient (Wildman–Crippen LogP) is 26.2. The van der Waals surface area contributed by atoms with Crippen molar-refractivity contribution in [3.05, 3.63) is 85.1 Å². The van der Waals surface area contributed by atoms with E-state index < -0.39 is 26.5 Å². The molecule has 0 aliphatic carbocycles. The fourth-order valence-corrected chi connectivity index (χ4v) is 12.5. The summed E-state index contributed by atoms with van der Waals surface area (Å²) in [6.07, 6.45) is 103. The predicted molar refractivity (Wildman–Crippen MR) is 406 cm³/mol. The maximum atomic E-state index is 12.9. The van der Waals surface area contributed by atoms with Crippen molar-refractivity contribution in [3.63, 3.8) is 0 Å². The zero-order valence-electron chi connectivity index (χ0n) is 62.7. The first kappa shape index (κ1) is 91.2. The van der Waals surface area contributed by atoms with Crippen molar-refractivity contribution in [3.8, 4) is 0 Å². The van der Waals surface area contributed by atoms with Crippen LogP contribution in [0, 0.1) is 0 Å². The first-order chi connectivity index (χ1) is 46.0. The summed E-state index contributed by atoms with van der Waals surface area (Å²) in [6.45, 7) is 4.17. The van der Waals surface area contributed by atoms with Gasteiger partial charge in [0, 0.05) is 12.8 Å². The van der Waals surface area contributed by atoms with Gasteiger partial charge in [-0.05, 0) is 89.9 Å². The van der Waals surface area contributed by atoms with E-state index in [4.69, 9.17) is 18.5 Å². The van der Waals surface area contributed by atoms with Crippen molar-refractivity contribution in [2.45, 2.75) is 392 Å². The van der Waals surface area contributed by atoms with Crippen LogP contribution in [-0.4, -0.2) is 70.0 Å². The van der Waals surface area contributed by atoms with Crippen LogP contribution in [0.1, 0.15) is 386 Å². The Morgan fingerprint density at radius 3 is 0.904 bits per heavy atom. The average Bonchev–Trinajstić information content (AvgIpc) is 1.66. The molecule has 9 nitrogen and oxygen atoms in total. The van der Waals surface area contributed by atoms with Crippen LogP contribution >= 0.6 is 7.82 Å². The second-order valence-corrected chi connectivity index (χ2v) is 29.8. The van der Waals surface area contributed by atoms with Crippen LogP contribution in [0.4, 0.5) is 0 Å². The van der Waals surface area contributed by atoms with E-state index in [9.17, 15) is 19.0 Å². The van der Waals surface area contributed by atoms with Crippen LogP contribution in [0.5, 0.6) is 0 Å². The topological polar surface area (TPSA) is 111 Å². The van der Waals surface area contributed by atoms with Gasteiger partial charge < -0.3 is 27.9 Å². The van der Waals surface area contributed by atoms with Crippen LogP contribution in [0.2, 0.25) is 0 Å². The van der Waals surface area contributed by atoms with Gasteiger partial charge in [0.05, 0.1) is 27.7 Å². The Morgan fingerprint density at radius 2 is 0.606 bits per heavy atom. The summed E-state index contributed by atoms with van der Waals surface area (Å²) in [6, 6.07) is 0. The molecule has 0 saturated carbocycles. The number of phosphoric acid groups is 1. The molecule has 0 heterocycles. The zero-order valence-corrected chi connectivity index (χ0v) is 63.6. The number of allylic oxidation sites excluding steroid dienone is 14. The van der Waals surface area contributed by atoms with E-state index in [1.807, 2.05) is 21.1 Å². The number of hydrogen-bond acceptors (Lipinski definition) is 8. The Labute approximate surface area is 583 Å². The summed E-state index contributed by atoms with van der Waals surface area (Å²) < 4.78 is 34.4. The number of carbonyl (C=O) groups is 2. The number of carbonyl (C=O) groups excluding carboxylic acids is 2. The van der Waals surface area contributed by atoms with Crippen molar-refractivity contribution in [2.24, 2.45) is 0 Å². The van der Waals surface area contributed by atoms with Gasteiger partial charge in [-0.2, -0.15) is 0 Å². The number of phosphoric ester groups is 1. The van der Waals surface area contributed by atoms with E-state index in [-0.39, 0.29) is 32.0 Å². The fourth-order valence-electron chi connectivity index (χ4n) is 11.8. The van der Waals surface area contributed by atoms with Gasteiger partial charge in [-0.25, -0.2) is 0 Å². The molecule has 0 aliphatic heterocycles. The van der Waals surface area contributed by atoms with Crippen LogP contribution in [-0.2, 0) is 32.7 Å². The highest BCUT2D eigenvalue weighted by Gasteiger charge is 2.22. The molecule has 548 valence electrons. The number of quaternary nitrogens is 1. The molecule has 0 rings (SSSR count). The van der Waals surface area contributed by atoms with E-state index in [0.717, 1.165) is 77.0 Å². The van der Waals surface area contributed by atoms with Gasteiger partial charge in [0.25, 0.3) is 7.82 Å². The number of rotatable bonds is 75. The van der Waals surface area contributed by atoms with E-state index in [0.29, 0.717) is 17.4 Å². The third kappa shape index (κ3) is 78.2. The Hall–Kier alpha value is -2.81. The molecule has 0 aliphatic rings. The minimum absolute atomic E-state index is 0.0308. The van der Waals surface area contributed by atoms with Gasteiger partial charge in [-0.1, -0.05) is 369 Å². The lowest BCUT2D eigenvalue weighted by Crippen LogP contribution is -2.37. The van der Waals surface area contributed by atoms with Gasteiger partial charge in [0.1, 0.15) is 19.8 Å². The molecule has 94 heavy (non-hydrogen) atoms. The number of esters is 2. The van der Waals surface area contributed by atoms with Crippen molar-refractivity contribution in [1.29, 1.82) is 0 Å². The molecular weight excluding hydrogens is 1180 g/mol. The lowest BCUT2D eigenvalue weighted by molar-refractivity contribution is -0.870. The molecule has 0 aromatic carbocycles. The van der Waals surface area contributed by atoms with Gasteiger partial charge in [-0.15, -0.1) is 0 Å². The molecular formula is C84H154NO8P. The summed E-state index contributed by atoms with van der Waals surface area (Å²) in [7, 11) is 1.18. The van der Waals surface area contributed by atoms with E-state index in [2.05, 4.69) is 98.9 Å². The van der Waals surface area contributed by atoms with E-state index >= 15 is 0 Å². The molecule has 0 bridgehead atoms. The molecule has 2 unspecified atom stereocenters. The molecule has 0 saturated heterocycles. The second-order valence-electron chi connectivity index (χ2n) is 28.4. The maximum absolute atomic E-state index is 12.9. The Morgan fingerprint density at radius 1 is 0.340 bits per heavy atom. The third-order valence-electron chi connectivity index (χ3n) is 17.9. The summed E-state index contributed by atoms with van der Waals surface area (Å²) in [5.74, 6) is -0.816. The van der Waals surface area contributed by atoms with Crippen LogP contribution in [0.25, 0.3) is 0 Å². The number of ether oxygens (including phenoxy) is 2. The number of hydrogen-bond donors (Lipinski definition) is 0. The summed E-state index contributed by atoms with van der Waals surface area (Å²) >= 11 is 0. The minimum atomic E-state index is -4.65. The number of likely N-dealkylation sites (N-methyl/N-ethyl adjacent to an activating group) is 1. The normalized spacial score (nSPS) is 13.5. The molecule has 10 heteroatoms. The second kappa shape index (κ2) is 74.4. The van der Waals surface area contributed by atoms with Gasteiger partial charge >= 0.3 is 11.9 Å². The molecule has 0 spiro atoms. The largest absolute Gasteiger partial charge is 0.756 e. The van der Waals surface area contributed by atoms with Gasteiger partial charge in [0.15, 0.2) is 6.10 Å². The number of unbranched alkanes of at least 4 members (excludes halogenated alkanes) is 47. The highest BCUT2D eigenvalue weighted by atomic mass is 31.2. The highest BCUT2D eigenvalue weighted by Crippen LogP contribution is 2.38. The Balaban J connectivity index is 3.91. The van der Waals surface area contributed by atoms with E-state index in [1.165, 1.54) is 276 Å². The Kier molecular flexibility index (Phi) is 72.2. The first-order valence-corrected chi connectivity index (χ1v) is 41.8. The third-order valence-corrected chi connectivity index (χ3v) is 18.9. The first-order valence-electron chi connectivity index (χ1n) is 40.3. The fraction of sp³-hybridized carbons (Fsp3) is 0.810. The van der Waals surface area contributed by atoms with Crippen LogP contribution in [0.3, 0.4) is 0 Å². The molecule has 0 aromatic rings. The standard InChI is InChI=1S/C84H154NO8P/c1-6-8-10-12-14-16-18-20-22-24-26-28-30-32-34-36-38-39-40-41-42-43-44-45-47-48-50-52-54-56-58-60-62-64-66-68-70-72-74-76-83(86)90-80-82(81-92-94(88,89)91-79-78-85(3,4)5)93-84(87)77-75-73-71-69-67-65-63-61-59-57-55-53-51-49-46-37-35-33-31-29-27-25-23-21-19-17-15-13-11-9-7-2/h9,11,15,17-18,20-21,23-24,26-27,29,33,35,82H,6-8,10,12-14,16,19,22,25,28,30-32,34,36-81H2,1-5H3/b11-9-,17-15-,20-18-,23-21-,26-24-,29-27-,35-33-. The highest BCUT2D eigenvalue weighted by molar-refractivity contribution is 7.45. The maximum Gasteiger partial charge on any atom is 0.306 e. The summed E-state index contributed by atoms with van der Waals surface area (Å²) in [5, 5.41) is 0. The molecule has 0 radical (unpaired) electrons. The molecule has 0 N–H and O–H groups in total. The quantitative estimate of drug-likeness (QED) is 0.0195. The van der Waals surface area contributed by atoms with Crippen molar-refractivity contribution in [1.82, 2.24) is 0 Å². The van der Waals surface area contributed by atoms with Gasteiger partial charge in [-0.3, -0.25) is 14.2 Å². The van der Waals surface area contributed by atoms with E-state index in [1.54, 1.807) is 0 Å². The molecule has 2 atom stereocenters. The smallest absolute Gasteiger partial charge is 0.306 e. The summed E-state index contributed by atoms with van der Waals surface area (Å²) in [5.41, 5.74) is 0. The van der Waals surface area contributed by atoms with Crippen molar-refractivity contribution < 1.29 is 42.1 Å². The lowest BCUT2D eigenvalue weighted by Gasteiger charge is -2.28. The molecule has 0 aromatic heterocycles. The van der Waals surface area contributed by atoms with Crippen LogP contribution < -0.4 is 4.89 Å².